The van der Waals surface area contributed by atoms with Gasteiger partial charge in [-0.15, -0.1) is 0 Å². The third kappa shape index (κ3) is 4.82. The second-order valence-corrected chi connectivity index (χ2v) is 6.80. The molecule has 2 N–H and O–H groups in total. The number of ketones is 1. The predicted molar refractivity (Wildman–Crippen MR) is 101 cm³/mol. The summed E-state index contributed by atoms with van der Waals surface area (Å²) in [6.07, 6.45) is 3.20. The Balaban J connectivity index is 1.58. The van der Waals surface area contributed by atoms with Crippen LogP contribution in [0.3, 0.4) is 0 Å². The van der Waals surface area contributed by atoms with Gasteiger partial charge in [0.25, 0.3) is 5.91 Å². The number of fused-ring (bicyclic) bond motifs is 1. The molecule has 0 aromatic heterocycles. The largest absolute Gasteiger partial charge is 0.447 e. The second kappa shape index (κ2) is 8.62. The van der Waals surface area contributed by atoms with Gasteiger partial charge in [-0.3, -0.25) is 14.4 Å². The van der Waals surface area contributed by atoms with Crippen molar-refractivity contribution in [2.75, 3.05) is 0 Å². The number of primary amides is 1. The molecule has 0 fully saturated rings. The minimum absolute atomic E-state index is 0.0396. The molecule has 3 rings (SSSR count). The van der Waals surface area contributed by atoms with E-state index >= 15 is 0 Å². The number of ether oxygens (including phenoxy) is 1. The maximum atomic E-state index is 12.4. The molecule has 140 valence electrons. The van der Waals surface area contributed by atoms with Crippen molar-refractivity contribution < 1.29 is 19.1 Å². The van der Waals surface area contributed by atoms with Gasteiger partial charge in [0.1, 0.15) is 0 Å². The number of carbonyl (C=O) groups excluding carboxylic acids is 3. The molecule has 5 nitrogen and oxygen atoms in total. The topological polar surface area (TPSA) is 86.5 Å². The van der Waals surface area contributed by atoms with Crippen LogP contribution in [-0.2, 0) is 27.2 Å². The molecule has 0 saturated carbocycles. The van der Waals surface area contributed by atoms with E-state index in [1.165, 1.54) is 17.5 Å². The van der Waals surface area contributed by atoms with Crippen molar-refractivity contribution in [3.8, 4) is 0 Å². The zero-order chi connectivity index (χ0) is 19.2. The number of hydrogen-bond donors (Lipinski definition) is 1. The second-order valence-electron chi connectivity index (χ2n) is 6.80. The van der Waals surface area contributed by atoms with E-state index in [-0.39, 0.29) is 18.6 Å². The minimum atomic E-state index is -1.14. The molecule has 1 aliphatic carbocycles. The molecule has 27 heavy (non-hydrogen) atoms. The molecule has 2 aromatic rings. The number of benzene rings is 2. The molecule has 1 atom stereocenters. The highest BCUT2D eigenvalue weighted by Gasteiger charge is 2.23. The van der Waals surface area contributed by atoms with Crippen LogP contribution in [0.5, 0.6) is 0 Å². The molecule has 0 saturated heterocycles. The summed E-state index contributed by atoms with van der Waals surface area (Å²) in [4.78, 5) is 36.2. The Labute approximate surface area is 158 Å². The van der Waals surface area contributed by atoms with Crippen LogP contribution < -0.4 is 5.73 Å². The molecule has 0 unspecified atom stereocenters. The van der Waals surface area contributed by atoms with Crippen molar-refractivity contribution in [2.45, 2.75) is 44.6 Å². The van der Waals surface area contributed by atoms with Crippen molar-refractivity contribution in [1.82, 2.24) is 0 Å². The fraction of sp³-hybridized carbons (Fsp3) is 0.318. The summed E-state index contributed by atoms with van der Waals surface area (Å²) < 4.78 is 5.21. The maximum Gasteiger partial charge on any atom is 0.307 e. The fourth-order valence-electron chi connectivity index (χ4n) is 3.38. The van der Waals surface area contributed by atoms with E-state index in [2.05, 4.69) is 0 Å². The van der Waals surface area contributed by atoms with E-state index in [0.717, 1.165) is 19.3 Å². The van der Waals surface area contributed by atoms with Crippen LogP contribution in [0.1, 0.15) is 58.8 Å². The van der Waals surface area contributed by atoms with Gasteiger partial charge < -0.3 is 10.5 Å². The first kappa shape index (κ1) is 18.8. The van der Waals surface area contributed by atoms with Gasteiger partial charge in [0.05, 0.1) is 6.42 Å². The Morgan fingerprint density at radius 2 is 1.63 bits per heavy atom. The van der Waals surface area contributed by atoms with Gasteiger partial charge >= 0.3 is 5.97 Å². The average Bonchev–Trinajstić information content (AvgIpc) is 2.70. The normalized spacial score (nSPS) is 14.1. The monoisotopic (exact) mass is 365 g/mol. The summed E-state index contributed by atoms with van der Waals surface area (Å²) in [7, 11) is 0. The van der Waals surface area contributed by atoms with E-state index in [0.29, 0.717) is 11.1 Å². The first-order valence-electron chi connectivity index (χ1n) is 9.23. The molecule has 5 heteroatoms. The fourth-order valence-corrected chi connectivity index (χ4v) is 3.38. The summed E-state index contributed by atoms with van der Waals surface area (Å²) >= 11 is 0. The number of rotatable bonds is 7. The zero-order valence-electron chi connectivity index (χ0n) is 15.1. The van der Waals surface area contributed by atoms with Gasteiger partial charge in [-0.1, -0.05) is 42.5 Å². The highest BCUT2D eigenvalue weighted by molar-refractivity contribution is 5.98. The van der Waals surface area contributed by atoms with Crippen LogP contribution in [0.25, 0.3) is 0 Å². The smallest absolute Gasteiger partial charge is 0.307 e. The molecule has 0 radical (unpaired) electrons. The maximum absolute atomic E-state index is 12.4. The van der Waals surface area contributed by atoms with Gasteiger partial charge in [0, 0.05) is 17.5 Å². The lowest BCUT2D eigenvalue weighted by Crippen LogP contribution is -2.26. The van der Waals surface area contributed by atoms with E-state index in [4.69, 9.17) is 10.5 Å². The molecule has 0 bridgehead atoms. The van der Waals surface area contributed by atoms with Gasteiger partial charge in [0.15, 0.2) is 5.78 Å². The van der Waals surface area contributed by atoms with E-state index in [9.17, 15) is 14.4 Å². The molecule has 2 aromatic carbocycles. The van der Waals surface area contributed by atoms with Gasteiger partial charge in [-0.05, 0) is 42.9 Å². The molecule has 1 aliphatic rings. The molecule has 0 spiro atoms. The highest BCUT2D eigenvalue weighted by atomic mass is 16.5. The summed E-state index contributed by atoms with van der Waals surface area (Å²) in [6.45, 7) is 0. The van der Waals surface area contributed by atoms with Crippen LogP contribution in [0.2, 0.25) is 0 Å². The van der Waals surface area contributed by atoms with Gasteiger partial charge in [-0.2, -0.15) is 0 Å². The molecule has 1 amide bonds. The van der Waals surface area contributed by atoms with Crippen molar-refractivity contribution in [1.29, 1.82) is 0 Å². The number of nitrogens with two attached hydrogens (primary N) is 1. The van der Waals surface area contributed by atoms with Crippen LogP contribution in [0.4, 0.5) is 0 Å². The third-order valence-corrected chi connectivity index (χ3v) is 4.84. The van der Waals surface area contributed by atoms with Gasteiger partial charge in [0.2, 0.25) is 6.10 Å². The van der Waals surface area contributed by atoms with Gasteiger partial charge in [-0.25, -0.2) is 0 Å². The highest BCUT2D eigenvalue weighted by Crippen LogP contribution is 2.23. The number of Topliss-reactive ketones (excluding diaryl/α,β-unsaturated/α-hetero) is 1. The first-order chi connectivity index (χ1) is 13.0. The van der Waals surface area contributed by atoms with E-state index < -0.39 is 18.0 Å². The van der Waals surface area contributed by atoms with Crippen LogP contribution >= 0.6 is 0 Å². The average molecular weight is 365 g/mol. The standard InChI is InChI=1S/C22H23NO4/c23-22(26)21(16-7-2-1-3-8-16)27-20(25)13-12-19(24)18-11-10-15-6-4-5-9-17(15)14-18/h1-3,7-8,10-11,14,21H,4-6,9,12-13H2,(H2,23,26)/t21-/m0/s1. The number of carbonyl (C=O) groups is 3. The SMILES string of the molecule is NC(=O)[C@@H](OC(=O)CCC(=O)c1ccc2c(c1)CCCC2)c1ccccc1. The molecule has 0 heterocycles. The lowest BCUT2D eigenvalue weighted by Gasteiger charge is -2.16. The number of hydrogen-bond acceptors (Lipinski definition) is 4. The first-order valence-corrected chi connectivity index (χ1v) is 9.23. The van der Waals surface area contributed by atoms with E-state index in [1.54, 1.807) is 30.3 Å². The lowest BCUT2D eigenvalue weighted by atomic mass is 9.89. The van der Waals surface area contributed by atoms with Crippen molar-refractivity contribution in [2.24, 2.45) is 5.73 Å². The Bertz CT molecular complexity index is 845. The summed E-state index contributed by atoms with van der Waals surface area (Å²) in [5.74, 6) is -1.46. The Morgan fingerprint density at radius 1 is 0.926 bits per heavy atom. The van der Waals surface area contributed by atoms with Crippen molar-refractivity contribution in [3.05, 3.63) is 70.8 Å². The van der Waals surface area contributed by atoms with Crippen LogP contribution in [0.15, 0.2) is 48.5 Å². The quantitative estimate of drug-likeness (QED) is 0.602. The molecule has 0 aliphatic heterocycles. The Hall–Kier alpha value is -2.95. The Kier molecular flexibility index (Phi) is 6.01. The number of amides is 1. The molecular formula is C22H23NO4. The van der Waals surface area contributed by atoms with Crippen molar-refractivity contribution in [3.63, 3.8) is 0 Å². The Morgan fingerprint density at radius 3 is 2.33 bits per heavy atom. The summed E-state index contributed by atoms with van der Waals surface area (Å²) in [5, 5.41) is 0. The molecular weight excluding hydrogens is 342 g/mol. The van der Waals surface area contributed by atoms with Crippen LogP contribution in [0, 0.1) is 0 Å². The predicted octanol–water partition coefficient (Wildman–Crippen LogP) is 3.30. The minimum Gasteiger partial charge on any atom is -0.447 e. The van der Waals surface area contributed by atoms with Crippen LogP contribution in [-0.4, -0.2) is 17.7 Å². The van der Waals surface area contributed by atoms with Crippen molar-refractivity contribution >= 4 is 17.7 Å². The number of esters is 1. The van der Waals surface area contributed by atoms with E-state index in [1.807, 2.05) is 18.2 Å². The zero-order valence-corrected chi connectivity index (χ0v) is 15.1. The summed E-state index contributed by atoms with van der Waals surface area (Å²) in [5.41, 5.74) is 9.02. The lowest BCUT2D eigenvalue weighted by molar-refractivity contribution is -0.155. The number of aryl methyl sites for hydroxylation is 2. The summed E-state index contributed by atoms with van der Waals surface area (Å²) in [6, 6.07) is 14.4. The third-order valence-electron chi connectivity index (χ3n) is 4.84.